The van der Waals surface area contributed by atoms with Crippen molar-refractivity contribution >= 4 is 24.0 Å². The maximum atomic E-state index is 11.0. The van der Waals surface area contributed by atoms with E-state index in [4.69, 9.17) is 10.2 Å². The van der Waals surface area contributed by atoms with Crippen LogP contribution in [0.15, 0.2) is 73.9 Å². The first-order chi connectivity index (χ1) is 14.7. The Balaban J connectivity index is 0. The number of carboxylic acid groups (broad SMARTS) is 1. The zero-order valence-corrected chi connectivity index (χ0v) is 18.2. The highest BCUT2D eigenvalue weighted by Gasteiger charge is 2.07. The van der Waals surface area contributed by atoms with Crippen LogP contribution in [0.1, 0.15) is 32.3 Å². The number of rotatable bonds is 10. The van der Waals surface area contributed by atoms with Crippen LogP contribution < -0.4 is 0 Å². The topological polar surface area (TPSA) is 110 Å². The lowest BCUT2D eigenvalue weighted by atomic mass is 10.2. The summed E-state index contributed by atoms with van der Waals surface area (Å²) >= 11 is 0. The molecule has 1 rings (SSSR count). The number of carbonyl (C=O) groups is 3. The van der Waals surface area contributed by atoms with Gasteiger partial charge in [-0.05, 0) is 25.0 Å². The van der Waals surface area contributed by atoms with Gasteiger partial charge in [-0.2, -0.15) is 0 Å². The Morgan fingerprint density at radius 2 is 1.71 bits per heavy atom. The van der Waals surface area contributed by atoms with E-state index in [9.17, 15) is 14.4 Å². The second-order valence-electron chi connectivity index (χ2n) is 5.98. The molecule has 1 aromatic carbocycles. The molecule has 1 unspecified atom stereocenters. The number of unbranched alkanes of at least 4 members (excludes halogenated alkanes) is 1. The number of hydrogen-bond acceptors (Lipinski definition) is 6. The van der Waals surface area contributed by atoms with Gasteiger partial charge in [-0.25, -0.2) is 14.4 Å². The first-order valence-electron chi connectivity index (χ1n) is 9.59. The van der Waals surface area contributed by atoms with Gasteiger partial charge >= 0.3 is 17.9 Å². The maximum Gasteiger partial charge on any atom is 0.337 e. The Hall–Kier alpha value is -3.45. The van der Waals surface area contributed by atoms with Crippen LogP contribution in [0, 0.1) is 0 Å². The summed E-state index contributed by atoms with van der Waals surface area (Å²) in [6, 6.07) is 10.0. The molecule has 0 saturated heterocycles. The molecule has 0 spiro atoms. The van der Waals surface area contributed by atoms with Crippen LogP contribution in [0.3, 0.4) is 0 Å². The van der Waals surface area contributed by atoms with Crippen molar-refractivity contribution in [2.24, 2.45) is 0 Å². The van der Waals surface area contributed by atoms with E-state index in [1.54, 1.807) is 0 Å². The van der Waals surface area contributed by atoms with Crippen molar-refractivity contribution in [3.8, 4) is 0 Å². The van der Waals surface area contributed by atoms with Gasteiger partial charge in [0.05, 0.1) is 18.3 Å². The number of carboxylic acids is 1. The van der Waals surface area contributed by atoms with E-state index in [1.807, 2.05) is 43.3 Å². The lowest BCUT2D eigenvalue weighted by Crippen LogP contribution is -2.15. The number of esters is 2. The van der Waals surface area contributed by atoms with E-state index in [2.05, 4.69) is 29.2 Å². The number of aliphatic hydroxyl groups is 1. The van der Waals surface area contributed by atoms with Gasteiger partial charge < -0.3 is 19.7 Å². The molecule has 2 N–H and O–H groups in total. The van der Waals surface area contributed by atoms with E-state index in [-0.39, 0.29) is 18.1 Å². The largest absolute Gasteiger partial charge is 0.478 e. The summed E-state index contributed by atoms with van der Waals surface area (Å²) in [6.07, 6.45) is 6.05. The number of benzene rings is 1. The highest BCUT2D eigenvalue weighted by Crippen LogP contribution is 1.98. The Labute approximate surface area is 184 Å². The van der Waals surface area contributed by atoms with E-state index in [1.165, 1.54) is 18.6 Å². The minimum absolute atomic E-state index is 0.0759. The molecule has 1 atom stereocenters. The minimum atomic E-state index is -1.17. The Bertz CT molecular complexity index is 719. The summed E-state index contributed by atoms with van der Waals surface area (Å²) < 4.78 is 9.24. The Morgan fingerprint density at radius 1 is 1.10 bits per heavy atom. The predicted octanol–water partition coefficient (Wildman–Crippen LogP) is 3.95. The molecule has 0 fully saturated rings. The molecule has 0 aliphatic rings. The van der Waals surface area contributed by atoms with Gasteiger partial charge in [0.15, 0.2) is 0 Å². The first kappa shape index (κ1) is 29.7. The molecular weight excluding hydrogens is 400 g/mol. The summed E-state index contributed by atoms with van der Waals surface area (Å²) in [5, 5.41) is 17.0. The molecule has 0 saturated carbocycles. The number of aliphatic hydroxyl groups excluding tert-OH is 1. The fourth-order valence-electron chi connectivity index (χ4n) is 1.49. The van der Waals surface area contributed by atoms with E-state index >= 15 is 0 Å². The van der Waals surface area contributed by atoms with Gasteiger partial charge in [0, 0.05) is 12.2 Å². The van der Waals surface area contributed by atoms with Crippen LogP contribution in [0.5, 0.6) is 0 Å². The molecule has 0 heterocycles. The average molecular weight is 433 g/mol. The molecule has 0 bridgehead atoms. The van der Waals surface area contributed by atoms with Gasteiger partial charge in [-0.3, -0.25) is 0 Å². The van der Waals surface area contributed by atoms with Gasteiger partial charge in [0.1, 0.15) is 6.61 Å². The third-order valence-corrected chi connectivity index (χ3v) is 3.09. The van der Waals surface area contributed by atoms with Crippen LogP contribution in [-0.4, -0.2) is 47.4 Å². The monoisotopic (exact) mass is 432 g/mol. The predicted molar refractivity (Wildman–Crippen MR) is 121 cm³/mol. The molecule has 0 radical (unpaired) electrons. The smallest absolute Gasteiger partial charge is 0.337 e. The van der Waals surface area contributed by atoms with Crippen LogP contribution >= 0.6 is 0 Å². The number of aliphatic carboxylic acids is 1. The Morgan fingerprint density at radius 3 is 2.13 bits per heavy atom. The Kier molecular flexibility index (Phi) is 19.0. The lowest BCUT2D eigenvalue weighted by molar-refractivity contribution is -0.141. The quantitative estimate of drug-likeness (QED) is 0.249. The van der Waals surface area contributed by atoms with Crippen LogP contribution in [0.4, 0.5) is 0 Å². The maximum absolute atomic E-state index is 11.0. The van der Waals surface area contributed by atoms with E-state index in [0.29, 0.717) is 6.61 Å². The van der Waals surface area contributed by atoms with Gasteiger partial charge in [-0.1, -0.05) is 69.5 Å². The molecule has 170 valence electrons. The number of carbonyl (C=O) groups excluding carboxylic acids is 2. The molecular formula is C24H32O7. The zero-order valence-electron chi connectivity index (χ0n) is 18.2. The first-order valence-corrected chi connectivity index (χ1v) is 9.59. The van der Waals surface area contributed by atoms with Gasteiger partial charge in [0.25, 0.3) is 0 Å². The molecule has 0 aliphatic heterocycles. The molecule has 31 heavy (non-hydrogen) atoms. The SMILES string of the molecule is C=C(C=CC(=O)O)C(=O)OCC(C)O.C=CC(=O)OCCCC.C=Cc1ccccc1. The normalized spacial score (nSPS) is 10.3. The summed E-state index contributed by atoms with van der Waals surface area (Å²) in [4.78, 5) is 31.4. The molecule has 0 aromatic heterocycles. The summed E-state index contributed by atoms with van der Waals surface area (Å²) in [6.45, 7) is 14.1. The molecule has 0 amide bonds. The number of hydrogen-bond donors (Lipinski definition) is 2. The fraction of sp³-hybridized carbons (Fsp3) is 0.292. The molecule has 0 aliphatic carbocycles. The minimum Gasteiger partial charge on any atom is -0.478 e. The van der Waals surface area contributed by atoms with Crippen molar-refractivity contribution in [3.05, 3.63) is 79.4 Å². The second kappa shape index (κ2) is 19.8. The summed E-state index contributed by atoms with van der Waals surface area (Å²) in [7, 11) is 0. The van der Waals surface area contributed by atoms with Crippen molar-refractivity contribution in [1.82, 2.24) is 0 Å². The van der Waals surface area contributed by atoms with E-state index in [0.717, 1.165) is 25.0 Å². The second-order valence-corrected chi connectivity index (χ2v) is 5.98. The third-order valence-electron chi connectivity index (χ3n) is 3.09. The van der Waals surface area contributed by atoms with Gasteiger partial charge in [0.2, 0.25) is 0 Å². The van der Waals surface area contributed by atoms with Crippen molar-refractivity contribution in [2.75, 3.05) is 13.2 Å². The molecule has 1 aromatic rings. The van der Waals surface area contributed by atoms with Crippen molar-refractivity contribution in [3.63, 3.8) is 0 Å². The third kappa shape index (κ3) is 21.1. The fourth-order valence-corrected chi connectivity index (χ4v) is 1.49. The standard InChI is InChI=1S/C9H12O5.C8H8.C7H12O2/c1-6(3-4-8(11)12)9(13)14-5-7(2)10;1-2-8-6-4-3-5-7-8;1-3-5-6-9-7(8)4-2/h3-4,7,10H,1,5H2,2H3,(H,11,12);2-7H,1H2;4H,2-3,5-6H2,1H3. The number of ether oxygens (including phenoxy) is 2. The van der Waals surface area contributed by atoms with Crippen LogP contribution in [0.25, 0.3) is 6.08 Å². The van der Waals surface area contributed by atoms with Crippen LogP contribution in [0.2, 0.25) is 0 Å². The lowest BCUT2D eigenvalue weighted by Gasteiger charge is -2.05. The molecule has 7 heteroatoms. The summed E-state index contributed by atoms with van der Waals surface area (Å²) in [5.41, 5.74) is 1.10. The van der Waals surface area contributed by atoms with Crippen molar-refractivity contribution in [2.45, 2.75) is 32.8 Å². The molecule has 7 nitrogen and oxygen atoms in total. The van der Waals surface area contributed by atoms with Crippen molar-refractivity contribution < 1.29 is 34.1 Å². The highest BCUT2D eigenvalue weighted by atomic mass is 16.5. The zero-order chi connectivity index (χ0) is 24.1. The van der Waals surface area contributed by atoms with Crippen molar-refractivity contribution in [1.29, 1.82) is 0 Å². The van der Waals surface area contributed by atoms with Gasteiger partial charge in [-0.15, -0.1) is 0 Å². The average Bonchev–Trinajstić information content (AvgIpc) is 2.77. The van der Waals surface area contributed by atoms with E-state index < -0.39 is 18.0 Å². The summed E-state index contributed by atoms with van der Waals surface area (Å²) in [5.74, 6) is -2.25. The highest BCUT2D eigenvalue weighted by molar-refractivity contribution is 5.93. The van der Waals surface area contributed by atoms with Crippen LogP contribution in [-0.2, 0) is 23.9 Å².